The van der Waals surface area contributed by atoms with Gasteiger partial charge in [-0.15, -0.1) is 10.2 Å². The van der Waals surface area contributed by atoms with Gasteiger partial charge in [0.2, 0.25) is 11.8 Å². The zero-order valence-electron chi connectivity index (χ0n) is 11.7. The van der Waals surface area contributed by atoms with Crippen LogP contribution in [-0.4, -0.2) is 41.5 Å². The van der Waals surface area contributed by atoms with Crippen LogP contribution in [0.5, 0.6) is 0 Å². The van der Waals surface area contributed by atoms with Gasteiger partial charge in [0, 0.05) is 11.3 Å². The molecule has 0 saturated heterocycles. The van der Waals surface area contributed by atoms with Crippen LogP contribution in [0.3, 0.4) is 0 Å². The standard InChI is InChI=1S/C13H14N4O4S/c1-20-11(19)6-15-10(18)7-22-13-17-16-12(21-13)8-2-4-9(14)5-3-8/h2-5H,6-7,14H2,1H3,(H,15,18). The summed E-state index contributed by atoms with van der Waals surface area (Å²) < 4.78 is 9.85. The largest absolute Gasteiger partial charge is 0.468 e. The number of aromatic nitrogens is 2. The third kappa shape index (κ3) is 4.48. The topological polar surface area (TPSA) is 120 Å². The number of nitrogen functional groups attached to an aromatic ring is 1. The third-order valence-electron chi connectivity index (χ3n) is 2.55. The van der Waals surface area contributed by atoms with E-state index in [1.54, 1.807) is 24.3 Å². The second-order valence-electron chi connectivity index (χ2n) is 4.14. The van der Waals surface area contributed by atoms with E-state index in [4.69, 9.17) is 10.2 Å². The normalized spacial score (nSPS) is 10.2. The second kappa shape index (κ2) is 7.46. The first-order chi connectivity index (χ1) is 10.6. The molecule has 116 valence electrons. The van der Waals surface area contributed by atoms with Gasteiger partial charge in [-0.3, -0.25) is 9.59 Å². The number of hydrogen-bond acceptors (Lipinski definition) is 8. The minimum Gasteiger partial charge on any atom is -0.468 e. The van der Waals surface area contributed by atoms with Crippen LogP contribution in [0.1, 0.15) is 0 Å². The number of carbonyl (C=O) groups excluding carboxylic acids is 2. The van der Waals surface area contributed by atoms with E-state index in [0.717, 1.165) is 17.3 Å². The number of amides is 1. The molecule has 0 saturated carbocycles. The first kappa shape index (κ1) is 15.8. The number of rotatable bonds is 6. The van der Waals surface area contributed by atoms with Crippen LogP contribution in [0.4, 0.5) is 5.69 Å². The molecule has 9 heteroatoms. The third-order valence-corrected chi connectivity index (χ3v) is 3.37. The van der Waals surface area contributed by atoms with Crippen molar-refractivity contribution in [2.45, 2.75) is 5.22 Å². The number of benzene rings is 1. The number of nitrogens with two attached hydrogens (primary N) is 1. The van der Waals surface area contributed by atoms with Crippen molar-refractivity contribution in [2.75, 3.05) is 25.1 Å². The minimum atomic E-state index is -0.512. The highest BCUT2D eigenvalue weighted by Gasteiger charge is 2.11. The Bertz CT molecular complexity index is 656. The summed E-state index contributed by atoms with van der Waals surface area (Å²) in [5.41, 5.74) is 6.98. The number of anilines is 1. The van der Waals surface area contributed by atoms with E-state index in [-0.39, 0.29) is 23.4 Å². The Morgan fingerprint density at radius 1 is 1.32 bits per heavy atom. The monoisotopic (exact) mass is 322 g/mol. The van der Waals surface area contributed by atoms with Crippen molar-refractivity contribution in [1.29, 1.82) is 0 Å². The zero-order chi connectivity index (χ0) is 15.9. The van der Waals surface area contributed by atoms with Crippen molar-refractivity contribution in [3.05, 3.63) is 24.3 Å². The summed E-state index contributed by atoms with van der Waals surface area (Å²) in [5.74, 6) is -0.442. The van der Waals surface area contributed by atoms with Crippen LogP contribution in [-0.2, 0) is 14.3 Å². The van der Waals surface area contributed by atoms with Crippen molar-refractivity contribution in [1.82, 2.24) is 15.5 Å². The van der Waals surface area contributed by atoms with E-state index in [9.17, 15) is 9.59 Å². The van der Waals surface area contributed by atoms with E-state index >= 15 is 0 Å². The van der Waals surface area contributed by atoms with Gasteiger partial charge in [0.25, 0.3) is 5.22 Å². The maximum absolute atomic E-state index is 11.5. The molecule has 1 aromatic heterocycles. The van der Waals surface area contributed by atoms with Gasteiger partial charge in [-0.1, -0.05) is 11.8 Å². The van der Waals surface area contributed by atoms with Crippen molar-refractivity contribution in [3.63, 3.8) is 0 Å². The van der Waals surface area contributed by atoms with Gasteiger partial charge in [-0.05, 0) is 24.3 Å². The highest BCUT2D eigenvalue weighted by atomic mass is 32.2. The molecule has 0 spiro atoms. The number of carbonyl (C=O) groups is 2. The molecule has 1 aromatic carbocycles. The number of nitrogens with one attached hydrogen (secondary N) is 1. The van der Waals surface area contributed by atoms with E-state index in [2.05, 4.69) is 20.3 Å². The Kier molecular flexibility index (Phi) is 5.37. The summed E-state index contributed by atoms with van der Waals surface area (Å²) in [6.45, 7) is -0.170. The molecule has 2 aromatic rings. The van der Waals surface area contributed by atoms with Gasteiger partial charge in [0.15, 0.2) is 0 Å². The van der Waals surface area contributed by atoms with E-state index < -0.39 is 5.97 Å². The Morgan fingerprint density at radius 3 is 2.73 bits per heavy atom. The van der Waals surface area contributed by atoms with Crippen molar-refractivity contribution >= 4 is 29.3 Å². The molecule has 0 aliphatic carbocycles. The van der Waals surface area contributed by atoms with Crippen LogP contribution >= 0.6 is 11.8 Å². The lowest BCUT2D eigenvalue weighted by Gasteiger charge is -2.01. The Labute approximate surface area is 130 Å². The number of hydrogen-bond donors (Lipinski definition) is 2. The lowest BCUT2D eigenvalue weighted by molar-refractivity contribution is -0.140. The highest BCUT2D eigenvalue weighted by Crippen LogP contribution is 2.23. The first-order valence-electron chi connectivity index (χ1n) is 6.24. The van der Waals surface area contributed by atoms with Gasteiger partial charge < -0.3 is 20.2 Å². The molecule has 0 radical (unpaired) electrons. The molecule has 0 atom stereocenters. The molecule has 2 rings (SSSR count). The van der Waals surface area contributed by atoms with Crippen LogP contribution < -0.4 is 11.1 Å². The average Bonchev–Trinajstić information content (AvgIpc) is 3.00. The number of methoxy groups -OCH3 is 1. The number of ether oxygens (including phenoxy) is 1. The van der Waals surface area contributed by atoms with Crippen LogP contribution in [0, 0.1) is 0 Å². The fourth-order valence-corrected chi connectivity index (χ4v) is 2.02. The predicted octanol–water partition coefficient (Wildman–Crippen LogP) is 0.700. The SMILES string of the molecule is COC(=O)CNC(=O)CSc1nnc(-c2ccc(N)cc2)o1. The lowest BCUT2D eigenvalue weighted by Crippen LogP contribution is -2.31. The molecule has 3 N–H and O–H groups in total. The van der Waals surface area contributed by atoms with E-state index in [1.165, 1.54) is 7.11 Å². The van der Waals surface area contributed by atoms with Gasteiger partial charge in [0.05, 0.1) is 12.9 Å². The van der Waals surface area contributed by atoms with Gasteiger partial charge in [-0.2, -0.15) is 0 Å². The summed E-state index contributed by atoms with van der Waals surface area (Å²) in [6, 6.07) is 6.99. The fraction of sp³-hybridized carbons (Fsp3) is 0.231. The highest BCUT2D eigenvalue weighted by molar-refractivity contribution is 7.99. The van der Waals surface area contributed by atoms with Crippen molar-refractivity contribution in [2.24, 2.45) is 0 Å². The van der Waals surface area contributed by atoms with Crippen molar-refractivity contribution in [3.8, 4) is 11.5 Å². The molecule has 0 aliphatic rings. The maximum atomic E-state index is 11.5. The summed E-state index contributed by atoms with van der Waals surface area (Å²) in [5, 5.41) is 10.4. The molecule has 8 nitrogen and oxygen atoms in total. The summed E-state index contributed by atoms with van der Waals surface area (Å²) in [4.78, 5) is 22.4. The Hall–Kier alpha value is -2.55. The van der Waals surface area contributed by atoms with E-state index in [1.807, 2.05) is 0 Å². The molecular weight excluding hydrogens is 308 g/mol. The summed E-state index contributed by atoms with van der Waals surface area (Å²) in [6.07, 6.45) is 0. The number of thioether (sulfide) groups is 1. The maximum Gasteiger partial charge on any atom is 0.325 e. The van der Waals surface area contributed by atoms with Gasteiger partial charge in [-0.25, -0.2) is 0 Å². The second-order valence-corrected chi connectivity index (χ2v) is 5.06. The smallest absolute Gasteiger partial charge is 0.325 e. The minimum absolute atomic E-state index is 0.0559. The molecule has 0 bridgehead atoms. The summed E-state index contributed by atoms with van der Waals surface area (Å²) in [7, 11) is 1.25. The zero-order valence-corrected chi connectivity index (χ0v) is 12.6. The molecular formula is C13H14N4O4S. The number of nitrogens with zero attached hydrogens (tertiary/aromatic N) is 2. The van der Waals surface area contributed by atoms with E-state index in [0.29, 0.717) is 11.6 Å². The van der Waals surface area contributed by atoms with Gasteiger partial charge in [0.1, 0.15) is 6.54 Å². The Morgan fingerprint density at radius 2 is 2.05 bits per heavy atom. The average molecular weight is 322 g/mol. The molecule has 0 unspecified atom stereocenters. The van der Waals surface area contributed by atoms with Crippen LogP contribution in [0.25, 0.3) is 11.5 Å². The van der Waals surface area contributed by atoms with Crippen LogP contribution in [0.15, 0.2) is 33.9 Å². The molecule has 0 fully saturated rings. The number of esters is 1. The first-order valence-corrected chi connectivity index (χ1v) is 7.23. The Balaban J connectivity index is 1.86. The predicted molar refractivity (Wildman–Crippen MR) is 79.9 cm³/mol. The molecule has 1 amide bonds. The quantitative estimate of drug-likeness (QED) is 0.453. The summed E-state index contributed by atoms with van der Waals surface area (Å²) >= 11 is 1.08. The van der Waals surface area contributed by atoms with Crippen molar-refractivity contribution < 1.29 is 18.7 Å². The molecule has 0 aliphatic heterocycles. The lowest BCUT2D eigenvalue weighted by atomic mass is 10.2. The van der Waals surface area contributed by atoms with Gasteiger partial charge >= 0.3 is 5.97 Å². The van der Waals surface area contributed by atoms with Crippen LogP contribution in [0.2, 0.25) is 0 Å². The molecule has 22 heavy (non-hydrogen) atoms. The molecule has 1 heterocycles. The fourth-order valence-electron chi connectivity index (χ4n) is 1.43.